The number of hydrogen-bond donors (Lipinski definition) is 1. The van der Waals surface area contributed by atoms with E-state index in [4.69, 9.17) is 4.74 Å². The van der Waals surface area contributed by atoms with E-state index in [1.165, 1.54) is 24.3 Å². The number of aromatic nitrogens is 2. The number of rotatable bonds is 5. The summed E-state index contributed by atoms with van der Waals surface area (Å²) in [4.78, 5) is 23.5. The Labute approximate surface area is 133 Å². The summed E-state index contributed by atoms with van der Waals surface area (Å²) in [5.74, 6) is -1.35. The first kappa shape index (κ1) is 16.7. The first-order valence-electron chi connectivity index (χ1n) is 7.07. The molecule has 0 spiro atoms. The minimum absolute atomic E-state index is 0.0154. The van der Waals surface area contributed by atoms with Crippen molar-refractivity contribution in [2.24, 2.45) is 7.05 Å². The lowest BCUT2D eigenvalue weighted by Gasteiger charge is -2.07. The lowest BCUT2D eigenvalue weighted by molar-refractivity contribution is -0.146. The molecular weight excluding hydrogens is 301 g/mol. The fourth-order valence-electron chi connectivity index (χ4n) is 2.10. The molecule has 0 fully saturated rings. The maximum Gasteiger partial charge on any atom is 0.310 e. The Hall–Kier alpha value is -2.70. The third-order valence-corrected chi connectivity index (χ3v) is 3.40. The molecule has 0 saturated heterocycles. The van der Waals surface area contributed by atoms with E-state index in [0.717, 1.165) is 5.69 Å². The highest BCUT2D eigenvalue weighted by molar-refractivity contribution is 5.93. The van der Waals surface area contributed by atoms with Gasteiger partial charge in [0.1, 0.15) is 5.82 Å². The molecule has 1 amide bonds. The smallest absolute Gasteiger partial charge is 0.310 e. The van der Waals surface area contributed by atoms with Gasteiger partial charge < -0.3 is 10.1 Å². The van der Waals surface area contributed by atoms with Crippen LogP contribution >= 0.6 is 0 Å². The molecule has 0 unspecified atom stereocenters. The standard InChI is InChI=1S/C16H18FN3O3/c1-10-16(11(2)20(3)19-10)18-14(21)9-23-15(22)8-12-4-6-13(17)7-5-12/h4-7H,8-9H2,1-3H3,(H,18,21). The highest BCUT2D eigenvalue weighted by atomic mass is 19.1. The molecule has 0 saturated carbocycles. The fourth-order valence-corrected chi connectivity index (χ4v) is 2.10. The van der Waals surface area contributed by atoms with Crippen LogP contribution in [0.2, 0.25) is 0 Å². The van der Waals surface area contributed by atoms with Crippen LogP contribution in [0.3, 0.4) is 0 Å². The molecule has 0 aliphatic carbocycles. The third kappa shape index (κ3) is 4.38. The number of aryl methyl sites for hydroxylation is 2. The van der Waals surface area contributed by atoms with Gasteiger partial charge in [-0.25, -0.2) is 4.39 Å². The number of carbonyl (C=O) groups is 2. The first-order valence-corrected chi connectivity index (χ1v) is 7.07. The average Bonchev–Trinajstić information content (AvgIpc) is 2.74. The zero-order valence-electron chi connectivity index (χ0n) is 13.2. The topological polar surface area (TPSA) is 73.2 Å². The zero-order chi connectivity index (χ0) is 17.0. The monoisotopic (exact) mass is 319 g/mol. The van der Waals surface area contributed by atoms with Crippen LogP contribution in [0.1, 0.15) is 17.0 Å². The predicted molar refractivity (Wildman–Crippen MR) is 82.4 cm³/mol. The van der Waals surface area contributed by atoms with E-state index in [0.29, 0.717) is 16.9 Å². The predicted octanol–water partition coefficient (Wildman–Crippen LogP) is 1.90. The summed E-state index contributed by atoms with van der Waals surface area (Å²) in [5, 5.41) is 6.86. The first-order chi connectivity index (χ1) is 10.9. The Morgan fingerprint density at radius 2 is 1.91 bits per heavy atom. The van der Waals surface area contributed by atoms with Crippen LogP contribution in [0.4, 0.5) is 10.1 Å². The lowest BCUT2D eigenvalue weighted by Crippen LogP contribution is -2.22. The Bertz CT molecular complexity index is 723. The molecule has 0 aliphatic heterocycles. The van der Waals surface area contributed by atoms with E-state index in [-0.39, 0.29) is 18.8 Å². The summed E-state index contributed by atoms with van der Waals surface area (Å²) < 4.78 is 19.4. The molecular formula is C16H18FN3O3. The molecule has 122 valence electrons. The van der Waals surface area contributed by atoms with E-state index in [9.17, 15) is 14.0 Å². The second-order valence-corrected chi connectivity index (χ2v) is 5.18. The molecule has 6 nitrogen and oxygen atoms in total. The normalized spacial score (nSPS) is 10.4. The highest BCUT2D eigenvalue weighted by Gasteiger charge is 2.14. The number of ether oxygens (including phenoxy) is 1. The van der Waals surface area contributed by atoms with Crippen molar-refractivity contribution in [1.82, 2.24) is 9.78 Å². The number of carbonyl (C=O) groups excluding carboxylic acids is 2. The Morgan fingerprint density at radius 1 is 1.26 bits per heavy atom. The molecule has 0 aliphatic rings. The SMILES string of the molecule is Cc1nn(C)c(C)c1NC(=O)COC(=O)Cc1ccc(F)cc1. The maximum atomic E-state index is 12.8. The van der Waals surface area contributed by atoms with Gasteiger partial charge in [0.2, 0.25) is 0 Å². The van der Waals surface area contributed by atoms with E-state index >= 15 is 0 Å². The molecule has 0 radical (unpaired) electrons. The van der Waals surface area contributed by atoms with Crippen molar-refractivity contribution in [3.8, 4) is 0 Å². The van der Waals surface area contributed by atoms with Gasteiger partial charge in [0.15, 0.2) is 6.61 Å². The van der Waals surface area contributed by atoms with Crippen molar-refractivity contribution in [3.05, 3.63) is 47.0 Å². The van der Waals surface area contributed by atoms with Crippen LogP contribution in [-0.2, 0) is 27.8 Å². The van der Waals surface area contributed by atoms with E-state index in [2.05, 4.69) is 10.4 Å². The van der Waals surface area contributed by atoms with Gasteiger partial charge in [-0.1, -0.05) is 12.1 Å². The maximum absolute atomic E-state index is 12.8. The van der Waals surface area contributed by atoms with Gasteiger partial charge in [-0.3, -0.25) is 14.3 Å². The van der Waals surface area contributed by atoms with Gasteiger partial charge in [-0.2, -0.15) is 5.10 Å². The Morgan fingerprint density at radius 3 is 2.48 bits per heavy atom. The Balaban J connectivity index is 1.84. The fraction of sp³-hybridized carbons (Fsp3) is 0.312. The molecule has 7 heteroatoms. The highest BCUT2D eigenvalue weighted by Crippen LogP contribution is 2.18. The number of nitrogens with one attached hydrogen (secondary N) is 1. The summed E-state index contributed by atoms with van der Waals surface area (Å²) in [7, 11) is 1.78. The second-order valence-electron chi connectivity index (χ2n) is 5.18. The van der Waals surface area contributed by atoms with Crippen molar-refractivity contribution in [3.63, 3.8) is 0 Å². The zero-order valence-corrected chi connectivity index (χ0v) is 13.2. The van der Waals surface area contributed by atoms with Gasteiger partial charge in [-0.15, -0.1) is 0 Å². The summed E-state index contributed by atoms with van der Waals surface area (Å²) in [6.45, 7) is 3.23. The van der Waals surface area contributed by atoms with Gasteiger partial charge in [0.25, 0.3) is 5.91 Å². The molecule has 0 atom stereocenters. The van der Waals surface area contributed by atoms with Gasteiger partial charge in [0, 0.05) is 7.05 Å². The quantitative estimate of drug-likeness (QED) is 0.854. The van der Waals surface area contributed by atoms with Crippen LogP contribution in [-0.4, -0.2) is 28.3 Å². The molecule has 1 aromatic heterocycles. The summed E-state index contributed by atoms with van der Waals surface area (Å²) in [6.07, 6.45) is -0.0154. The summed E-state index contributed by atoms with van der Waals surface area (Å²) in [6, 6.07) is 5.53. The number of hydrogen-bond acceptors (Lipinski definition) is 4. The lowest BCUT2D eigenvalue weighted by atomic mass is 10.1. The number of halogens is 1. The van der Waals surface area contributed by atoms with Crippen molar-refractivity contribution in [1.29, 1.82) is 0 Å². The molecule has 0 bridgehead atoms. The number of nitrogens with zero attached hydrogens (tertiary/aromatic N) is 2. The molecule has 1 aromatic carbocycles. The van der Waals surface area contributed by atoms with Crippen LogP contribution in [0, 0.1) is 19.7 Å². The number of esters is 1. The number of anilines is 1. The molecule has 1 N–H and O–H groups in total. The van der Waals surface area contributed by atoms with Crippen molar-refractivity contribution >= 4 is 17.6 Å². The minimum atomic E-state index is -0.550. The minimum Gasteiger partial charge on any atom is -0.455 e. The summed E-state index contributed by atoms with van der Waals surface area (Å²) >= 11 is 0. The van der Waals surface area contributed by atoms with E-state index < -0.39 is 11.9 Å². The second kappa shape index (κ2) is 7.04. The van der Waals surface area contributed by atoms with Crippen molar-refractivity contribution in [2.45, 2.75) is 20.3 Å². The van der Waals surface area contributed by atoms with Gasteiger partial charge in [-0.05, 0) is 31.5 Å². The molecule has 2 rings (SSSR count). The number of amides is 1. The Kier molecular flexibility index (Phi) is 5.10. The summed E-state index contributed by atoms with van der Waals surface area (Å²) in [5.41, 5.74) is 2.74. The van der Waals surface area contributed by atoms with E-state index in [1.807, 2.05) is 6.92 Å². The van der Waals surface area contributed by atoms with Crippen LogP contribution < -0.4 is 5.32 Å². The molecule has 1 heterocycles. The van der Waals surface area contributed by atoms with Crippen molar-refractivity contribution in [2.75, 3.05) is 11.9 Å². The van der Waals surface area contributed by atoms with Crippen molar-refractivity contribution < 1.29 is 18.7 Å². The average molecular weight is 319 g/mol. The van der Waals surface area contributed by atoms with Gasteiger partial charge in [0.05, 0.1) is 23.5 Å². The van der Waals surface area contributed by atoms with Gasteiger partial charge >= 0.3 is 5.97 Å². The van der Waals surface area contributed by atoms with Crippen LogP contribution in [0.25, 0.3) is 0 Å². The van der Waals surface area contributed by atoms with Crippen LogP contribution in [0.15, 0.2) is 24.3 Å². The third-order valence-electron chi connectivity index (χ3n) is 3.40. The number of benzene rings is 1. The molecule has 2 aromatic rings. The van der Waals surface area contributed by atoms with Crippen LogP contribution in [0.5, 0.6) is 0 Å². The largest absolute Gasteiger partial charge is 0.455 e. The molecule has 23 heavy (non-hydrogen) atoms. The van der Waals surface area contributed by atoms with E-state index in [1.54, 1.807) is 18.7 Å².